The standard InChI is InChI=1S/C13H10ClN5OS2/c1-21-13-16-17-18-19(13)9-4-2-3-8(7-9)15-12(20)10-5-6-11(14)22-10/h2-7H,1H3,(H,15,20). The second-order valence-electron chi connectivity index (χ2n) is 4.19. The first-order valence-corrected chi connectivity index (χ1v) is 8.59. The maximum atomic E-state index is 12.1. The number of anilines is 1. The molecule has 0 aliphatic heterocycles. The highest BCUT2D eigenvalue weighted by Crippen LogP contribution is 2.23. The minimum atomic E-state index is -0.198. The number of benzene rings is 1. The van der Waals surface area contributed by atoms with Crippen LogP contribution in [-0.4, -0.2) is 32.4 Å². The summed E-state index contributed by atoms with van der Waals surface area (Å²) in [5.41, 5.74) is 1.44. The molecule has 22 heavy (non-hydrogen) atoms. The summed E-state index contributed by atoms with van der Waals surface area (Å²) in [7, 11) is 0. The summed E-state index contributed by atoms with van der Waals surface area (Å²) in [6, 6.07) is 10.7. The van der Waals surface area contributed by atoms with Crippen LogP contribution in [0.25, 0.3) is 5.69 Å². The number of thiophene rings is 1. The smallest absolute Gasteiger partial charge is 0.265 e. The van der Waals surface area contributed by atoms with Crippen molar-refractivity contribution >= 4 is 46.3 Å². The fourth-order valence-corrected chi connectivity index (χ4v) is 3.18. The summed E-state index contributed by atoms with van der Waals surface area (Å²) in [5, 5.41) is 15.0. The first kappa shape index (κ1) is 15.0. The number of nitrogens with one attached hydrogen (secondary N) is 1. The molecule has 0 saturated heterocycles. The Balaban J connectivity index is 1.84. The van der Waals surface area contributed by atoms with Crippen molar-refractivity contribution in [1.29, 1.82) is 0 Å². The number of hydrogen-bond acceptors (Lipinski definition) is 6. The summed E-state index contributed by atoms with van der Waals surface area (Å²) in [6.07, 6.45) is 1.90. The van der Waals surface area contributed by atoms with Crippen molar-refractivity contribution in [3.05, 3.63) is 45.6 Å². The highest BCUT2D eigenvalue weighted by Gasteiger charge is 2.11. The van der Waals surface area contributed by atoms with Crippen LogP contribution in [0.5, 0.6) is 0 Å². The van der Waals surface area contributed by atoms with E-state index in [2.05, 4.69) is 20.8 Å². The number of halogens is 1. The van der Waals surface area contributed by atoms with Crippen molar-refractivity contribution in [3.8, 4) is 5.69 Å². The number of nitrogens with zero attached hydrogens (tertiary/aromatic N) is 4. The van der Waals surface area contributed by atoms with Crippen molar-refractivity contribution in [2.24, 2.45) is 0 Å². The molecule has 3 rings (SSSR count). The molecule has 3 aromatic rings. The molecule has 0 aliphatic carbocycles. The van der Waals surface area contributed by atoms with Gasteiger partial charge in [-0.2, -0.15) is 4.68 Å². The van der Waals surface area contributed by atoms with Gasteiger partial charge in [0, 0.05) is 5.69 Å². The fourth-order valence-electron chi connectivity index (χ4n) is 1.81. The second kappa shape index (κ2) is 6.47. The predicted octanol–water partition coefficient (Wildman–Crippen LogP) is 3.35. The van der Waals surface area contributed by atoms with Gasteiger partial charge in [-0.1, -0.05) is 29.4 Å². The van der Waals surface area contributed by atoms with E-state index in [1.165, 1.54) is 23.1 Å². The summed E-state index contributed by atoms with van der Waals surface area (Å²) < 4.78 is 2.19. The molecular weight excluding hydrogens is 342 g/mol. The lowest BCUT2D eigenvalue weighted by Crippen LogP contribution is -2.10. The molecule has 1 aromatic carbocycles. The molecule has 112 valence electrons. The Hall–Kier alpha value is -1.90. The first-order valence-electron chi connectivity index (χ1n) is 6.17. The Labute approximate surface area is 139 Å². The molecule has 2 heterocycles. The van der Waals surface area contributed by atoms with E-state index in [-0.39, 0.29) is 5.91 Å². The van der Waals surface area contributed by atoms with Crippen molar-refractivity contribution in [3.63, 3.8) is 0 Å². The molecule has 0 aliphatic rings. The zero-order chi connectivity index (χ0) is 15.5. The van der Waals surface area contributed by atoms with Gasteiger partial charge in [0.25, 0.3) is 5.91 Å². The molecule has 0 fully saturated rings. The van der Waals surface area contributed by atoms with Crippen LogP contribution in [0.2, 0.25) is 4.34 Å². The van der Waals surface area contributed by atoms with Gasteiger partial charge >= 0.3 is 0 Å². The van der Waals surface area contributed by atoms with Gasteiger partial charge in [-0.15, -0.1) is 16.4 Å². The van der Waals surface area contributed by atoms with Crippen LogP contribution in [0.3, 0.4) is 0 Å². The molecule has 0 atom stereocenters. The number of carbonyl (C=O) groups excluding carboxylic acids is 1. The molecule has 0 radical (unpaired) electrons. The second-order valence-corrected chi connectivity index (χ2v) is 6.67. The molecule has 0 saturated carbocycles. The Morgan fingerprint density at radius 1 is 1.36 bits per heavy atom. The van der Waals surface area contributed by atoms with E-state index in [0.717, 1.165) is 5.69 Å². The highest BCUT2D eigenvalue weighted by atomic mass is 35.5. The van der Waals surface area contributed by atoms with E-state index >= 15 is 0 Å². The molecular formula is C13H10ClN5OS2. The quantitative estimate of drug-likeness (QED) is 0.730. The van der Waals surface area contributed by atoms with Crippen LogP contribution in [0, 0.1) is 0 Å². The summed E-state index contributed by atoms with van der Waals surface area (Å²) >= 11 is 8.52. The fraction of sp³-hybridized carbons (Fsp3) is 0.0769. The van der Waals surface area contributed by atoms with E-state index in [1.54, 1.807) is 22.9 Å². The van der Waals surface area contributed by atoms with Gasteiger partial charge in [0.1, 0.15) is 0 Å². The number of tetrazole rings is 1. The minimum Gasteiger partial charge on any atom is -0.321 e. The number of hydrogen-bond donors (Lipinski definition) is 1. The average molecular weight is 352 g/mol. The maximum Gasteiger partial charge on any atom is 0.265 e. The van der Waals surface area contributed by atoms with E-state index in [4.69, 9.17) is 11.6 Å². The van der Waals surface area contributed by atoms with Crippen LogP contribution in [0.15, 0.2) is 41.6 Å². The van der Waals surface area contributed by atoms with Gasteiger partial charge in [0.15, 0.2) is 0 Å². The predicted molar refractivity (Wildman–Crippen MR) is 88.2 cm³/mol. The lowest BCUT2D eigenvalue weighted by atomic mass is 10.2. The Morgan fingerprint density at radius 2 is 2.23 bits per heavy atom. The van der Waals surface area contributed by atoms with E-state index in [1.807, 2.05) is 24.5 Å². The van der Waals surface area contributed by atoms with E-state index in [9.17, 15) is 4.79 Å². The van der Waals surface area contributed by atoms with Gasteiger partial charge in [-0.05, 0) is 47.0 Å². The molecule has 1 amide bonds. The molecule has 6 nitrogen and oxygen atoms in total. The van der Waals surface area contributed by atoms with Gasteiger partial charge < -0.3 is 5.32 Å². The SMILES string of the molecule is CSc1nnnn1-c1cccc(NC(=O)c2ccc(Cl)s2)c1. The van der Waals surface area contributed by atoms with Crippen molar-refractivity contribution < 1.29 is 4.79 Å². The van der Waals surface area contributed by atoms with Crippen LogP contribution >= 0.6 is 34.7 Å². The Kier molecular flexibility index (Phi) is 4.41. The first-order chi connectivity index (χ1) is 10.7. The van der Waals surface area contributed by atoms with Gasteiger partial charge in [0.05, 0.1) is 14.9 Å². The molecule has 0 unspecified atom stereocenters. The zero-order valence-corrected chi connectivity index (χ0v) is 13.7. The third kappa shape index (κ3) is 3.13. The lowest BCUT2D eigenvalue weighted by Gasteiger charge is -2.07. The van der Waals surface area contributed by atoms with Crippen molar-refractivity contribution in [2.75, 3.05) is 11.6 Å². The number of carbonyl (C=O) groups is 1. The normalized spacial score (nSPS) is 10.6. The summed E-state index contributed by atoms with van der Waals surface area (Å²) in [6.45, 7) is 0. The summed E-state index contributed by atoms with van der Waals surface area (Å²) in [5.74, 6) is -0.198. The average Bonchev–Trinajstić information content (AvgIpc) is 3.15. The third-order valence-electron chi connectivity index (χ3n) is 2.77. The Bertz CT molecular complexity index is 816. The van der Waals surface area contributed by atoms with Crippen molar-refractivity contribution in [1.82, 2.24) is 20.2 Å². The number of aromatic nitrogens is 4. The molecule has 2 aromatic heterocycles. The number of rotatable bonds is 4. The molecule has 0 bridgehead atoms. The lowest BCUT2D eigenvalue weighted by molar-refractivity contribution is 0.103. The monoisotopic (exact) mass is 351 g/mol. The topological polar surface area (TPSA) is 72.7 Å². The Morgan fingerprint density at radius 3 is 2.95 bits per heavy atom. The minimum absolute atomic E-state index is 0.198. The maximum absolute atomic E-state index is 12.1. The largest absolute Gasteiger partial charge is 0.321 e. The van der Waals surface area contributed by atoms with Crippen molar-refractivity contribution in [2.45, 2.75) is 5.16 Å². The summed E-state index contributed by atoms with van der Waals surface area (Å²) in [4.78, 5) is 12.7. The zero-order valence-electron chi connectivity index (χ0n) is 11.4. The molecule has 0 spiro atoms. The van der Waals surface area contributed by atoms with Gasteiger partial charge in [0.2, 0.25) is 5.16 Å². The highest BCUT2D eigenvalue weighted by molar-refractivity contribution is 7.98. The van der Waals surface area contributed by atoms with E-state index in [0.29, 0.717) is 20.1 Å². The van der Waals surface area contributed by atoms with E-state index < -0.39 is 0 Å². The third-order valence-corrected chi connectivity index (χ3v) is 4.62. The van der Waals surface area contributed by atoms with Crippen LogP contribution in [-0.2, 0) is 0 Å². The van der Waals surface area contributed by atoms with Crippen LogP contribution < -0.4 is 5.32 Å². The molecule has 9 heteroatoms. The van der Waals surface area contributed by atoms with Crippen LogP contribution in [0.4, 0.5) is 5.69 Å². The molecule has 1 N–H and O–H groups in total. The number of thioether (sulfide) groups is 1. The van der Waals surface area contributed by atoms with Gasteiger partial charge in [-0.3, -0.25) is 4.79 Å². The van der Waals surface area contributed by atoms with Crippen LogP contribution in [0.1, 0.15) is 9.67 Å². The number of amides is 1. The van der Waals surface area contributed by atoms with Gasteiger partial charge in [-0.25, -0.2) is 0 Å².